The molecule has 0 spiro atoms. The Hall–Kier alpha value is -3.22. The zero-order valence-electron chi connectivity index (χ0n) is 21.5. The van der Waals surface area contributed by atoms with Crippen molar-refractivity contribution in [2.45, 2.75) is 33.7 Å². The van der Waals surface area contributed by atoms with Gasteiger partial charge < -0.3 is 25.0 Å². The molecule has 7 nitrogen and oxygen atoms in total. The Morgan fingerprint density at radius 2 is 1.62 bits per heavy atom. The Kier molecular flexibility index (Phi) is 8.95. The van der Waals surface area contributed by atoms with Crippen molar-refractivity contribution in [2.24, 2.45) is 0 Å². The summed E-state index contributed by atoms with van der Waals surface area (Å²) in [5.74, 6) is -0.235. The van der Waals surface area contributed by atoms with E-state index in [0.29, 0.717) is 27.8 Å². The van der Waals surface area contributed by atoms with Gasteiger partial charge in [0, 0.05) is 23.5 Å². The van der Waals surface area contributed by atoms with Gasteiger partial charge in [0.2, 0.25) is 0 Å². The Labute approximate surface area is 218 Å². The van der Waals surface area contributed by atoms with Crippen LogP contribution in [0.15, 0.2) is 72.8 Å². The third kappa shape index (κ3) is 6.20. The summed E-state index contributed by atoms with van der Waals surface area (Å²) in [6.07, 6.45) is 1.09. The van der Waals surface area contributed by atoms with E-state index in [1.807, 2.05) is 42.5 Å². The van der Waals surface area contributed by atoms with E-state index in [0.717, 1.165) is 30.8 Å². The van der Waals surface area contributed by atoms with E-state index in [2.05, 4.69) is 35.0 Å². The molecule has 1 aliphatic rings. The molecule has 3 aromatic rings. The van der Waals surface area contributed by atoms with Crippen LogP contribution < -0.4 is 21.3 Å². The highest BCUT2D eigenvalue weighted by Crippen LogP contribution is 2.48. The molecule has 0 bridgehead atoms. The zero-order valence-corrected chi connectivity index (χ0v) is 22.4. The van der Waals surface area contributed by atoms with E-state index in [-0.39, 0.29) is 19.1 Å². The summed E-state index contributed by atoms with van der Waals surface area (Å²) in [6.45, 7) is 7.96. The van der Waals surface area contributed by atoms with Crippen LogP contribution in [0.5, 0.6) is 0 Å². The van der Waals surface area contributed by atoms with Crippen LogP contribution in [0.4, 0.5) is 11.4 Å². The van der Waals surface area contributed by atoms with Gasteiger partial charge in [0.05, 0.1) is 29.8 Å². The Morgan fingerprint density at radius 3 is 2.27 bits per heavy atom. The highest BCUT2D eigenvalue weighted by molar-refractivity contribution is 7.62. The van der Waals surface area contributed by atoms with Crippen LogP contribution in [0.1, 0.15) is 43.9 Å². The number of amides is 1. The number of hydrogen-bond acceptors (Lipinski definition) is 6. The summed E-state index contributed by atoms with van der Waals surface area (Å²) in [4.78, 5) is 13.3. The molecule has 37 heavy (non-hydrogen) atoms. The maximum atomic E-state index is 13.5. The minimum absolute atomic E-state index is 0.235. The van der Waals surface area contributed by atoms with E-state index in [1.54, 1.807) is 32.0 Å². The number of benzene rings is 3. The van der Waals surface area contributed by atoms with Crippen LogP contribution >= 0.6 is 7.60 Å². The topological polar surface area (TPSA) is 88.7 Å². The maximum absolute atomic E-state index is 13.5. The third-order valence-corrected chi connectivity index (χ3v) is 8.06. The molecule has 0 aliphatic carbocycles. The number of nitrogens with one attached hydrogen (secondary N) is 3. The van der Waals surface area contributed by atoms with Crippen molar-refractivity contribution >= 4 is 41.5 Å². The van der Waals surface area contributed by atoms with Crippen LogP contribution in [0.2, 0.25) is 0 Å². The first kappa shape index (κ1) is 26.8. The first-order valence-electron chi connectivity index (χ1n) is 12.7. The average Bonchev–Trinajstić information content (AvgIpc) is 3.24. The molecule has 0 radical (unpaired) electrons. The van der Waals surface area contributed by atoms with Crippen LogP contribution in [-0.4, -0.2) is 25.7 Å². The van der Waals surface area contributed by atoms with E-state index in [4.69, 9.17) is 9.05 Å². The van der Waals surface area contributed by atoms with E-state index in [9.17, 15) is 9.36 Å². The molecule has 0 saturated heterocycles. The minimum atomic E-state index is -3.52. The fraction of sp³-hybridized carbons (Fsp3) is 0.276. The Bertz CT molecular complexity index is 1300. The average molecular weight is 520 g/mol. The Morgan fingerprint density at radius 1 is 0.919 bits per heavy atom. The van der Waals surface area contributed by atoms with E-state index >= 15 is 0 Å². The fourth-order valence-electron chi connectivity index (χ4n) is 4.24. The molecule has 1 amide bonds. The number of hydrogen-bond donors (Lipinski definition) is 3. The van der Waals surface area contributed by atoms with Gasteiger partial charge in [0.25, 0.3) is 5.91 Å². The van der Waals surface area contributed by atoms with Gasteiger partial charge >= 0.3 is 7.60 Å². The number of anilines is 2. The van der Waals surface area contributed by atoms with E-state index < -0.39 is 7.60 Å². The molecule has 0 saturated carbocycles. The summed E-state index contributed by atoms with van der Waals surface area (Å²) in [7, 11) is -3.52. The standard InChI is InChI=1S/C29H34N3O4P/c1-4-18-30-20-21-12-14-23(15-13-21)31-28(22-10-8-7-9-11-22)27-25-19-24(16-17-26(25)32-29(27)33)37(34,35-5-2)36-6-3/h7-17,19,30-31H,4-6,18,20H2,1-3H3,(H,32,33). The summed E-state index contributed by atoms with van der Waals surface area (Å²) >= 11 is 0. The molecule has 8 heteroatoms. The molecule has 3 aromatic carbocycles. The highest BCUT2D eigenvalue weighted by Gasteiger charge is 2.33. The van der Waals surface area contributed by atoms with Gasteiger partial charge in [-0.3, -0.25) is 9.36 Å². The Balaban J connectivity index is 1.77. The number of fused-ring (bicyclic) bond motifs is 1. The molecule has 0 fully saturated rings. The van der Waals surface area contributed by atoms with Crippen LogP contribution in [0.3, 0.4) is 0 Å². The maximum Gasteiger partial charge on any atom is 0.361 e. The molecule has 1 aliphatic heterocycles. The lowest BCUT2D eigenvalue weighted by molar-refractivity contribution is -0.110. The minimum Gasteiger partial charge on any atom is -0.354 e. The number of carbonyl (C=O) groups is 1. The second-order valence-electron chi connectivity index (χ2n) is 8.63. The molecular formula is C29H34N3O4P. The summed E-state index contributed by atoms with van der Waals surface area (Å²) in [5, 5.41) is 10.3. The van der Waals surface area contributed by atoms with Gasteiger partial charge in [-0.05, 0) is 68.3 Å². The second-order valence-corrected chi connectivity index (χ2v) is 10.7. The second kappa shape index (κ2) is 12.3. The van der Waals surface area contributed by atoms with Crippen molar-refractivity contribution < 1.29 is 18.4 Å². The van der Waals surface area contributed by atoms with Gasteiger partial charge in [-0.15, -0.1) is 0 Å². The zero-order chi connectivity index (χ0) is 26.3. The lowest BCUT2D eigenvalue weighted by Crippen LogP contribution is -2.13. The molecule has 0 atom stereocenters. The quantitative estimate of drug-likeness (QED) is 0.154. The van der Waals surface area contributed by atoms with Gasteiger partial charge in [-0.1, -0.05) is 49.4 Å². The summed E-state index contributed by atoms with van der Waals surface area (Å²) in [6, 6.07) is 23.1. The van der Waals surface area contributed by atoms with Gasteiger partial charge in [0.15, 0.2) is 0 Å². The molecule has 3 N–H and O–H groups in total. The van der Waals surface area contributed by atoms with Gasteiger partial charge in [-0.25, -0.2) is 0 Å². The molecule has 0 unspecified atom stereocenters. The highest BCUT2D eigenvalue weighted by atomic mass is 31.2. The third-order valence-electron chi connectivity index (χ3n) is 5.95. The van der Waals surface area contributed by atoms with Crippen molar-refractivity contribution in [1.82, 2.24) is 5.32 Å². The fourth-order valence-corrected chi connectivity index (χ4v) is 5.84. The largest absolute Gasteiger partial charge is 0.361 e. The lowest BCUT2D eigenvalue weighted by atomic mass is 10.00. The molecule has 0 aromatic heterocycles. The SMILES string of the molecule is CCCNCc1ccc(NC(=C2C(=O)Nc3ccc(P(=O)(OCC)OCC)cc32)c2ccccc2)cc1. The summed E-state index contributed by atoms with van der Waals surface area (Å²) < 4.78 is 24.6. The van der Waals surface area contributed by atoms with Crippen LogP contribution in [0, 0.1) is 0 Å². The molecule has 1 heterocycles. The van der Waals surface area contributed by atoms with Crippen molar-refractivity contribution in [3.05, 3.63) is 89.5 Å². The first-order valence-corrected chi connectivity index (χ1v) is 14.2. The first-order chi connectivity index (χ1) is 18.0. The predicted octanol–water partition coefficient (Wildman–Crippen LogP) is 6.01. The van der Waals surface area contributed by atoms with E-state index in [1.165, 1.54) is 5.56 Å². The van der Waals surface area contributed by atoms with Crippen molar-refractivity contribution in [1.29, 1.82) is 0 Å². The normalized spacial score (nSPS) is 14.3. The van der Waals surface area contributed by atoms with Crippen molar-refractivity contribution in [3.8, 4) is 0 Å². The summed E-state index contributed by atoms with van der Waals surface area (Å²) in [5.41, 5.74) is 5.33. The monoisotopic (exact) mass is 519 g/mol. The predicted molar refractivity (Wildman–Crippen MR) is 151 cm³/mol. The molecule has 194 valence electrons. The van der Waals surface area contributed by atoms with Crippen molar-refractivity contribution in [3.63, 3.8) is 0 Å². The molecule has 4 rings (SSSR count). The van der Waals surface area contributed by atoms with Crippen molar-refractivity contribution in [2.75, 3.05) is 30.4 Å². The smallest absolute Gasteiger partial charge is 0.354 e. The molecular weight excluding hydrogens is 485 g/mol. The van der Waals surface area contributed by atoms with Crippen LogP contribution in [0.25, 0.3) is 11.3 Å². The number of rotatable bonds is 12. The number of carbonyl (C=O) groups excluding carboxylic acids is 1. The van der Waals surface area contributed by atoms with Gasteiger partial charge in [0.1, 0.15) is 0 Å². The van der Waals surface area contributed by atoms with Crippen LogP contribution in [-0.2, 0) is 25.0 Å². The lowest BCUT2D eigenvalue weighted by Gasteiger charge is -2.18. The van der Waals surface area contributed by atoms with Gasteiger partial charge in [-0.2, -0.15) is 0 Å².